The van der Waals surface area contributed by atoms with E-state index in [-0.39, 0.29) is 10.8 Å². The molecule has 3 rings (SSSR count). The van der Waals surface area contributed by atoms with Gasteiger partial charge in [-0.1, -0.05) is 17.7 Å². The molecule has 0 aliphatic heterocycles. The largest absolute Gasteiger partial charge is 0.328 e. The van der Waals surface area contributed by atoms with Gasteiger partial charge in [0.1, 0.15) is 11.6 Å². The average Bonchev–Trinajstić information content (AvgIpc) is 2.71. The van der Waals surface area contributed by atoms with Gasteiger partial charge in [-0.25, -0.2) is 9.37 Å². The molecule has 0 bridgehead atoms. The molecular formula is C15H16ClFN2. The summed E-state index contributed by atoms with van der Waals surface area (Å²) in [6.45, 7) is 2.69. The van der Waals surface area contributed by atoms with E-state index in [1.807, 2.05) is 13.0 Å². The maximum absolute atomic E-state index is 13.5. The number of imidazole rings is 1. The van der Waals surface area contributed by atoms with E-state index in [2.05, 4.69) is 9.55 Å². The Morgan fingerprint density at radius 3 is 2.89 bits per heavy atom. The van der Waals surface area contributed by atoms with Crippen LogP contribution in [0, 0.1) is 12.7 Å². The molecule has 2 aromatic rings. The molecule has 1 heterocycles. The summed E-state index contributed by atoms with van der Waals surface area (Å²) in [5.41, 5.74) is 3.47. The van der Waals surface area contributed by atoms with Gasteiger partial charge in [-0.05, 0) is 50.3 Å². The molecule has 4 heteroatoms. The zero-order valence-corrected chi connectivity index (χ0v) is 11.7. The van der Waals surface area contributed by atoms with Crippen molar-refractivity contribution in [1.29, 1.82) is 0 Å². The van der Waals surface area contributed by atoms with Crippen LogP contribution < -0.4 is 0 Å². The van der Waals surface area contributed by atoms with Gasteiger partial charge in [0.05, 0.1) is 10.7 Å². The number of hydrogen-bond acceptors (Lipinski definition) is 1. The Morgan fingerprint density at radius 2 is 2.11 bits per heavy atom. The van der Waals surface area contributed by atoms with Crippen molar-refractivity contribution in [3.63, 3.8) is 0 Å². The van der Waals surface area contributed by atoms with Gasteiger partial charge in [0.15, 0.2) is 0 Å². The lowest BCUT2D eigenvalue weighted by Crippen LogP contribution is -2.10. The molecule has 1 aliphatic rings. The molecule has 2 nitrogen and oxygen atoms in total. The van der Waals surface area contributed by atoms with E-state index in [4.69, 9.17) is 11.6 Å². The number of rotatable bonds is 2. The maximum atomic E-state index is 13.5. The SMILES string of the molecule is Cc1nc2c(n1Cc1ccc(Cl)c(F)c1)CCCC2. The van der Waals surface area contributed by atoms with Crippen LogP contribution in [0.1, 0.15) is 35.6 Å². The molecule has 0 saturated heterocycles. The van der Waals surface area contributed by atoms with Crippen LogP contribution in [0.4, 0.5) is 4.39 Å². The predicted octanol–water partition coefficient (Wildman–Crippen LogP) is 3.91. The summed E-state index contributed by atoms with van der Waals surface area (Å²) < 4.78 is 15.7. The third-order valence-electron chi connectivity index (χ3n) is 3.75. The molecule has 100 valence electrons. The van der Waals surface area contributed by atoms with Crippen LogP contribution in [0.5, 0.6) is 0 Å². The summed E-state index contributed by atoms with van der Waals surface area (Å²) in [6.07, 6.45) is 4.58. The van der Waals surface area contributed by atoms with E-state index >= 15 is 0 Å². The van der Waals surface area contributed by atoms with E-state index in [0.717, 1.165) is 24.2 Å². The van der Waals surface area contributed by atoms with Crippen molar-refractivity contribution < 1.29 is 4.39 Å². The number of benzene rings is 1. The smallest absolute Gasteiger partial charge is 0.142 e. The van der Waals surface area contributed by atoms with Crippen LogP contribution in [0.25, 0.3) is 0 Å². The molecule has 0 unspecified atom stereocenters. The number of fused-ring (bicyclic) bond motifs is 1. The fraction of sp³-hybridized carbons (Fsp3) is 0.400. The molecule has 0 radical (unpaired) electrons. The highest BCUT2D eigenvalue weighted by Gasteiger charge is 2.18. The van der Waals surface area contributed by atoms with Crippen LogP contribution in [0.2, 0.25) is 5.02 Å². The second-order valence-electron chi connectivity index (χ2n) is 5.09. The average molecular weight is 279 g/mol. The molecule has 0 amide bonds. The zero-order chi connectivity index (χ0) is 13.4. The topological polar surface area (TPSA) is 17.8 Å². The lowest BCUT2D eigenvalue weighted by molar-refractivity contribution is 0.612. The van der Waals surface area contributed by atoms with Gasteiger partial charge in [-0.3, -0.25) is 0 Å². The van der Waals surface area contributed by atoms with Crippen molar-refractivity contribution in [2.75, 3.05) is 0 Å². The zero-order valence-electron chi connectivity index (χ0n) is 10.9. The van der Waals surface area contributed by atoms with Gasteiger partial charge in [-0.2, -0.15) is 0 Å². The summed E-state index contributed by atoms with van der Waals surface area (Å²) in [5.74, 6) is 0.660. The van der Waals surface area contributed by atoms with Crippen molar-refractivity contribution in [3.05, 3.63) is 51.8 Å². The summed E-state index contributed by atoms with van der Waals surface area (Å²) in [5, 5.41) is 0.174. The van der Waals surface area contributed by atoms with E-state index in [1.165, 1.54) is 30.3 Å². The molecule has 1 aliphatic carbocycles. The Labute approximate surface area is 117 Å². The lowest BCUT2D eigenvalue weighted by Gasteiger charge is -2.15. The fourth-order valence-electron chi connectivity index (χ4n) is 2.77. The first kappa shape index (κ1) is 12.7. The normalized spacial score (nSPS) is 14.5. The number of nitrogens with zero attached hydrogens (tertiary/aromatic N) is 2. The first-order valence-electron chi connectivity index (χ1n) is 6.64. The van der Waals surface area contributed by atoms with Gasteiger partial charge in [-0.15, -0.1) is 0 Å². The Balaban J connectivity index is 1.94. The van der Waals surface area contributed by atoms with E-state index in [0.29, 0.717) is 6.54 Å². The fourth-order valence-corrected chi connectivity index (χ4v) is 2.88. The molecule has 0 atom stereocenters. The highest BCUT2D eigenvalue weighted by Crippen LogP contribution is 2.24. The third kappa shape index (κ3) is 2.39. The van der Waals surface area contributed by atoms with Gasteiger partial charge >= 0.3 is 0 Å². The van der Waals surface area contributed by atoms with E-state index < -0.39 is 0 Å². The van der Waals surface area contributed by atoms with Crippen molar-refractivity contribution in [2.24, 2.45) is 0 Å². The van der Waals surface area contributed by atoms with Gasteiger partial charge < -0.3 is 4.57 Å². The van der Waals surface area contributed by atoms with Crippen molar-refractivity contribution >= 4 is 11.6 Å². The second-order valence-corrected chi connectivity index (χ2v) is 5.50. The molecule has 0 N–H and O–H groups in total. The Kier molecular flexibility index (Phi) is 3.31. The number of halogens is 2. The van der Waals surface area contributed by atoms with Crippen molar-refractivity contribution in [3.8, 4) is 0 Å². The van der Waals surface area contributed by atoms with Crippen LogP contribution in [-0.2, 0) is 19.4 Å². The minimum atomic E-state index is -0.356. The molecule has 1 aromatic carbocycles. The van der Waals surface area contributed by atoms with Crippen LogP contribution in [-0.4, -0.2) is 9.55 Å². The monoisotopic (exact) mass is 278 g/mol. The first-order valence-corrected chi connectivity index (χ1v) is 7.02. The minimum Gasteiger partial charge on any atom is -0.328 e. The molecule has 19 heavy (non-hydrogen) atoms. The molecule has 0 saturated carbocycles. The molecule has 1 aromatic heterocycles. The minimum absolute atomic E-state index is 0.174. The van der Waals surface area contributed by atoms with Gasteiger partial charge in [0.2, 0.25) is 0 Å². The Bertz CT molecular complexity index is 619. The van der Waals surface area contributed by atoms with Crippen LogP contribution in [0.15, 0.2) is 18.2 Å². The van der Waals surface area contributed by atoms with Gasteiger partial charge in [0.25, 0.3) is 0 Å². The Hall–Kier alpha value is -1.35. The highest BCUT2D eigenvalue weighted by atomic mass is 35.5. The standard InChI is InChI=1S/C15H16ClFN2/c1-10-18-14-4-2-3-5-15(14)19(10)9-11-6-7-12(16)13(17)8-11/h6-8H,2-5,9H2,1H3. The van der Waals surface area contributed by atoms with E-state index in [1.54, 1.807) is 6.07 Å². The molecule has 0 fully saturated rings. The number of hydrogen-bond donors (Lipinski definition) is 0. The third-order valence-corrected chi connectivity index (χ3v) is 4.05. The highest BCUT2D eigenvalue weighted by molar-refractivity contribution is 6.30. The molecule has 0 spiro atoms. The first-order chi connectivity index (χ1) is 9.15. The van der Waals surface area contributed by atoms with E-state index in [9.17, 15) is 4.39 Å². The second kappa shape index (κ2) is 4.97. The Morgan fingerprint density at radius 1 is 1.32 bits per heavy atom. The van der Waals surface area contributed by atoms with Crippen LogP contribution in [0.3, 0.4) is 0 Å². The maximum Gasteiger partial charge on any atom is 0.142 e. The summed E-state index contributed by atoms with van der Waals surface area (Å²) >= 11 is 5.72. The van der Waals surface area contributed by atoms with Gasteiger partial charge in [0, 0.05) is 12.2 Å². The molecular weight excluding hydrogens is 263 g/mol. The van der Waals surface area contributed by atoms with Crippen molar-refractivity contribution in [2.45, 2.75) is 39.2 Å². The number of aromatic nitrogens is 2. The van der Waals surface area contributed by atoms with Crippen molar-refractivity contribution in [1.82, 2.24) is 9.55 Å². The summed E-state index contributed by atoms with van der Waals surface area (Å²) in [4.78, 5) is 4.63. The lowest BCUT2D eigenvalue weighted by atomic mass is 10.0. The predicted molar refractivity (Wildman–Crippen MR) is 74.1 cm³/mol. The summed E-state index contributed by atoms with van der Waals surface area (Å²) in [6, 6.07) is 5.00. The summed E-state index contributed by atoms with van der Waals surface area (Å²) in [7, 11) is 0. The number of aryl methyl sites for hydroxylation is 2. The quantitative estimate of drug-likeness (QED) is 0.814. The van der Waals surface area contributed by atoms with Crippen LogP contribution >= 0.6 is 11.6 Å².